The number of H-pyrrole nitrogens is 1. The van der Waals surface area contributed by atoms with Crippen molar-refractivity contribution in [2.24, 2.45) is 0 Å². The van der Waals surface area contributed by atoms with Crippen molar-refractivity contribution in [2.45, 2.75) is 0 Å². The van der Waals surface area contributed by atoms with Crippen LogP contribution in [0, 0.1) is 0 Å². The molecule has 27 heavy (non-hydrogen) atoms. The monoisotopic (exact) mass is 380 g/mol. The Morgan fingerprint density at radius 1 is 1.11 bits per heavy atom. The van der Waals surface area contributed by atoms with Gasteiger partial charge in [-0.3, -0.25) is 14.9 Å². The van der Waals surface area contributed by atoms with Gasteiger partial charge in [0.2, 0.25) is 0 Å². The van der Waals surface area contributed by atoms with E-state index in [0.717, 1.165) is 4.70 Å². The van der Waals surface area contributed by atoms with E-state index >= 15 is 0 Å². The van der Waals surface area contributed by atoms with Gasteiger partial charge in [0.1, 0.15) is 13.2 Å². The summed E-state index contributed by atoms with van der Waals surface area (Å²) in [5.74, 6) is 0.868. The maximum absolute atomic E-state index is 12.7. The van der Waals surface area contributed by atoms with Crippen LogP contribution in [0.25, 0.3) is 21.0 Å². The Bertz CT molecular complexity index is 1220. The molecule has 1 aliphatic rings. The molecule has 2 aromatic carbocycles. The maximum Gasteiger partial charge on any atom is 0.278 e. The van der Waals surface area contributed by atoms with Crippen LogP contribution in [-0.4, -0.2) is 34.3 Å². The van der Waals surface area contributed by atoms with Gasteiger partial charge in [-0.05, 0) is 6.07 Å². The van der Waals surface area contributed by atoms with Crippen LogP contribution in [0.2, 0.25) is 0 Å². The van der Waals surface area contributed by atoms with E-state index in [2.05, 4.69) is 20.5 Å². The number of carbonyl (C=O) groups is 1. The van der Waals surface area contributed by atoms with E-state index in [1.165, 1.54) is 11.3 Å². The summed E-state index contributed by atoms with van der Waals surface area (Å²) >= 11 is 1.32. The Kier molecular flexibility index (Phi) is 3.54. The minimum absolute atomic E-state index is 0.135. The Balaban J connectivity index is 1.51. The number of nitrogens with one attached hydrogen (secondary N) is 2. The molecule has 0 atom stereocenters. The molecule has 9 heteroatoms. The number of hydrogen-bond donors (Lipinski definition) is 2. The highest BCUT2D eigenvalue weighted by molar-refractivity contribution is 7.22. The second kappa shape index (κ2) is 6.06. The Morgan fingerprint density at radius 2 is 1.85 bits per heavy atom. The normalized spacial score (nSPS) is 13.0. The van der Waals surface area contributed by atoms with Crippen LogP contribution in [0.15, 0.2) is 41.2 Å². The van der Waals surface area contributed by atoms with E-state index < -0.39 is 5.91 Å². The molecule has 2 aromatic heterocycles. The van der Waals surface area contributed by atoms with Crippen LogP contribution in [0.5, 0.6) is 11.5 Å². The number of amides is 1. The number of nitrogens with zero attached hydrogens (tertiary/aromatic N) is 2. The van der Waals surface area contributed by atoms with E-state index in [0.29, 0.717) is 46.1 Å². The van der Waals surface area contributed by atoms with E-state index in [1.54, 1.807) is 30.3 Å². The fourth-order valence-corrected chi connectivity index (χ4v) is 3.83. The lowest BCUT2D eigenvalue weighted by Gasteiger charge is -2.17. The Morgan fingerprint density at radius 3 is 2.67 bits per heavy atom. The largest absolute Gasteiger partial charge is 0.486 e. The first-order valence-electron chi connectivity index (χ1n) is 8.18. The zero-order chi connectivity index (χ0) is 18.4. The van der Waals surface area contributed by atoms with Crippen LogP contribution < -0.4 is 20.3 Å². The topological polar surface area (TPSA) is 106 Å². The van der Waals surface area contributed by atoms with Gasteiger partial charge in [-0.2, -0.15) is 5.10 Å². The molecule has 134 valence electrons. The zero-order valence-corrected chi connectivity index (χ0v) is 14.6. The van der Waals surface area contributed by atoms with Crippen molar-refractivity contribution in [1.82, 2.24) is 15.2 Å². The van der Waals surface area contributed by atoms with E-state index in [4.69, 9.17) is 9.47 Å². The number of carbonyl (C=O) groups excluding carboxylic acids is 1. The summed E-state index contributed by atoms with van der Waals surface area (Å²) in [5, 5.41) is 10.3. The van der Waals surface area contributed by atoms with Gasteiger partial charge in [0.05, 0.1) is 15.6 Å². The van der Waals surface area contributed by atoms with Crippen LogP contribution in [0.4, 0.5) is 5.13 Å². The molecule has 1 amide bonds. The van der Waals surface area contributed by atoms with Gasteiger partial charge >= 0.3 is 0 Å². The maximum atomic E-state index is 12.7. The van der Waals surface area contributed by atoms with E-state index in [9.17, 15) is 9.59 Å². The van der Waals surface area contributed by atoms with Gasteiger partial charge in [0.15, 0.2) is 22.3 Å². The fraction of sp³-hybridized carbons (Fsp3) is 0.111. The lowest BCUT2D eigenvalue weighted by atomic mass is 10.1. The summed E-state index contributed by atoms with van der Waals surface area (Å²) < 4.78 is 12.0. The number of benzene rings is 2. The number of fused-ring (bicyclic) bond motifs is 3. The number of aromatic nitrogens is 3. The van der Waals surface area contributed by atoms with Gasteiger partial charge < -0.3 is 9.47 Å². The van der Waals surface area contributed by atoms with Crippen LogP contribution in [0.1, 0.15) is 10.5 Å². The number of hydrogen-bond acceptors (Lipinski definition) is 7. The van der Waals surface area contributed by atoms with Crippen LogP contribution in [-0.2, 0) is 0 Å². The zero-order valence-electron chi connectivity index (χ0n) is 13.8. The SMILES string of the molecule is O=C(Nc1nc2cc3c(cc2s1)OCCO3)c1n[nH]c(=O)c2ccccc12. The molecular weight excluding hydrogens is 368 g/mol. The van der Waals surface area contributed by atoms with Gasteiger partial charge in [-0.15, -0.1) is 0 Å². The molecule has 4 aromatic rings. The molecule has 2 N–H and O–H groups in total. The molecule has 1 aliphatic heterocycles. The number of rotatable bonds is 2. The summed E-state index contributed by atoms with van der Waals surface area (Å²) in [5.41, 5.74) is 0.502. The predicted octanol–water partition coefficient (Wildman–Crippen LogP) is 2.56. The van der Waals surface area contributed by atoms with E-state index in [1.807, 2.05) is 6.07 Å². The molecule has 0 spiro atoms. The first-order chi connectivity index (χ1) is 13.2. The third-order valence-corrected chi connectivity index (χ3v) is 5.12. The molecule has 0 saturated heterocycles. The first kappa shape index (κ1) is 15.8. The third-order valence-electron chi connectivity index (χ3n) is 4.18. The average molecular weight is 380 g/mol. The van der Waals surface area contributed by atoms with Crippen LogP contribution in [0.3, 0.4) is 0 Å². The van der Waals surface area contributed by atoms with Crippen molar-refractivity contribution in [1.29, 1.82) is 0 Å². The minimum Gasteiger partial charge on any atom is -0.486 e. The number of ether oxygens (including phenoxy) is 2. The molecule has 0 bridgehead atoms. The smallest absolute Gasteiger partial charge is 0.278 e. The minimum atomic E-state index is -0.446. The Hall–Kier alpha value is -3.46. The molecule has 0 unspecified atom stereocenters. The highest BCUT2D eigenvalue weighted by atomic mass is 32.1. The standard InChI is InChI=1S/C18H12N4O4S/c23-16-10-4-2-1-3-9(10)15(21-22-16)17(24)20-18-19-11-7-12-13(8-14(11)27-18)26-6-5-25-12/h1-4,7-8H,5-6H2,(H,22,23)(H,19,20,24). The van der Waals surface area contributed by atoms with Crippen molar-refractivity contribution < 1.29 is 14.3 Å². The quantitative estimate of drug-likeness (QED) is 0.554. The van der Waals surface area contributed by atoms with Gasteiger partial charge in [0, 0.05) is 17.5 Å². The molecule has 8 nitrogen and oxygen atoms in total. The summed E-state index contributed by atoms with van der Waals surface area (Å²) in [7, 11) is 0. The number of anilines is 1. The molecule has 0 fully saturated rings. The second-order valence-corrected chi connectivity index (χ2v) is 6.91. The van der Waals surface area contributed by atoms with E-state index in [-0.39, 0.29) is 11.3 Å². The average Bonchev–Trinajstić information content (AvgIpc) is 3.07. The fourth-order valence-electron chi connectivity index (χ4n) is 2.96. The summed E-state index contributed by atoms with van der Waals surface area (Å²) in [6, 6.07) is 10.5. The number of aromatic amines is 1. The van der Waals surface area contributed by atoms with Crippen LogP contribution >= 0.6 is 11.3 Å². The highest BCUT2D eigenvalue weighted by Gasteiger charge is 2.18. The molecule has 5 rings (SSSR count). The predicted molar refractivity (Wildman–Crippen MR) is 101 cm³/mol. The number of thiazole rings is 1. The lowest BCUT2D eigenvalue weighted by molar-refractivity contribution is 0.102. The molecule has 0 aliphatic carbocycles. The second-order valence-electron chi connectivity index (χ2n) is 5.88. The first-order valence-corrected chi connectivity index (χ1v) is 9.00. The molecule has 0 saturated carbocycles. The van der Waals surface area contributed by atoms with Gasteiger partial charge in [-0.1, -0.05) is 29.5 Å². The summed E-state index contributed by atoms with van der Waals surface area (Å²) in [6.07, 6.45) is 0. The molecular formula is C18H12N4O4S. The van der Waals surface area contributed by atoms with Gasteiger partial charge in [0.25, 0.3) is 11.5 Å². The van der Waals surface area contributed by atoms with Crippen molar-refractivity contribution in [3.05, 3.63) is 52.4 Å². The van der Waals surface area contributed by atoms with Crippen molar-refractivity contribution in [3.8, 4) is 11.5 Å². The van der Waals surface area contributed by atoms with Crippen molar-refractivity contribution >= 4 is 43.4 Å². The summed E-state index contributed by atoms with van der Waals surface area (Å²) in [6.45, 7) is 1.00. The third kappa shape index (κ3) is 2.68. The van der Waals surface area contributed by atoms with Crippen molar-refractivity contribution in [3.63, 3.8) is 0 Å². The van der Waals surface area contributed by atoms with Gasteiger partial charge in [-0.25, -0.2) is 10.1 Å². The highest BCUT2D eigenvalue weighted by Crippen LogP contribution is 2.37. The lowest BCUT2D eigenvalue weighted by Crippen LogP contribution is -2.19. The molecule has 0 radical (unpaired) electrons. The Labute approximate surface area is 155 Å². The molecule has 3 heterocycles. The summed E-state index contributed by atoms with van der Waals surface area (Å²) in [4.78, 5) is 29.0. The van der Waals surface area contributed by atoms with Crippen molar-refractivity contribution in [2.75, 3.05) is 18.5 Å².